The Labute approximate surface area is 119 Å². The van der Waals surface area contributed by atoms with Gasteiger partial charge in [-0.25, -0.2) is 0 Å². The molecule has 7 heteroatoms. The molecule has 0 bridgehead atoms. The van der Waals surface area contributed by atoms with Gasteiger partial charge in [0.2, 0.25) is 0 Å². The number of carbonyl (C=O) groups is 1. The molecule has 0 spiro atoms. The number of benzene rings is 1. The SMILES string of the molecule is CCN(CC/C(N)=N/O)C(=O)c1ccc(Br)c(O)c1. The van der Waals surface area contributed by atoms with E-state index in [1.165, 1.54) is 6.07 Å². The second kappa shape index (κ2) is 6.98. The molecule has 104 valence electrons. The predicted molar refractivity (Wildman–Crippen MR) is 75.4 cm³/mol. The molecule has 0 aliphatic heterocycles. The molecule has 0 radical (unpaired) electrons. The van der Waals surface area contributed by atoms with Crippen LogP contribution in [-0.4, -0.2) is 40.0 Å². The fourth-order valence-corrected chi connectivity index (χ4v) is 1.78. The van der Waals surface area contributed by atoms with Crippen LogP contribution in [0.2, 0.25) is 0 Å². The van der Waals surface area contributed by atoms with Gasteiger partial charge < -0.3 is 20.9 Å². The number of phenols is 1. The minimum atomic E-state index is -0.212. The van der Waals surface area contributed by atoms with Crippen LogP contribution in [0.5, 0.6) is 5.75 Å². The summed E-state index contributed by atoms with van der Waals surface area (Å²) in [6, 6.07) is 4.64. The van der Waals surface area contributed by atoms with Crippen molar-refractivity contribution in [1.82, 2.24) is 4.90 Å². The number of halogens is 1. The lowest BCUT2D eigenvalue weighted by atomic mass is 10.2. The van der Waals surface area contributed by atoms with Gasteiger partial charge in [0.15, 0.2) is 0 Å². The number of phenolic OH excluding ortho intramolecular Hbond substituents is 1. The summed E-state index contributed by atoms with van der Waals surface area (Å²) in [6.45, 7) is 2.68. The maximum atomic E-state index is 12.2. The van der Waals surface area contributed by atoms with Gasteiger partial charge in [0.05, 0.1) is 4.47 Å². The fraction of sp³-hybridized carbons (Fsp3) is 0.333. The molecule has 0 heterocycles. The summed E-state index contributed by atoms with van der Waals surface area (Å²) in [5.41, 5.74) is 5.77. The van der Waals surface area contributed by atoms with E-state index < -0.39 is 0 Å². The Kier molecular flexibility index (Phi) is 5.62. The van der Waals surface area contributed by atoms with Crippen LogP contribution in [0, 0.1) is 0 Å². The molecule has 0 saturated carbocycles. The van der Waals surface area contributed by atoms with Gasteiger partial charge in [0.25, 0.3) is 5.91 Å². The molecule has 6 nitrogen and oxygen atoms in total. The standard InChI is InChI=1S/C12H16BrN3O3/c1-2-16(6-5-11(14)15-19)12(18)8-3-4-9(13)10(17)7-8/h3-4,7,17,19H,2,5-6H2,1H3,(H2,14,15). The third kappa shape index (κ3) is 4.13. The van der Waals surface area contributed by atoms with Gasteiger partial charge >= 0.3 is 0 Å². The summed E-state index contributed by atoms with van der Waals surface area (Å²) >= 11 is 3.16. The summed E-state index contributed by atoms with van der Waals surface area (Å²) < 4.78 is 0.531. The average molecular weight is 330 g/mol. The molecule has 0 unspecified atom stereocenters. The van der Waals surface area contributed by atoms with Crippen LogP contribution in [0.15, 0.2) is 27.8 Å². The van der Waals surface area contributed by atoms with Gasteiger partial charge in [0, 0.05) is 25.1 Å². The van der Waals surface area contributed by atoms with Crippen molar-refractivity contribution in [2.75, 3.05) is 13.1 Å². The molecule has 4 N–H and O–H groups in total. The van der Waals surface area contributed by atoms with Gasteiger partial charge in [-0.05, 0) is 41.1 Å². The highest BCUT2D eigenvalue weighted by molar-refractivity contribution is 9.10. The Morgan fingerprint density at radius 2 is 2.21 bits per heavy atom. The minimum absolute atomic E-state index is 0.0123. The number of amidine groups is 1. The minimum Gasteiger partial charge on any atom is -0.507 e. The predicted octanol–water partition coefficient (Wildman–Crippen LogP) is 1.75. The van der Waals surface area contributed by atoms with Gasteiger partial charge in [-0.1, -0.05) is 5.16 Å². The summed E-state index contributed by atoms with van der Waals surface area (Å²) in [4.78, 5) is 13.8. The average Bonchev–Trinajstić information content (AvgIpc) is 2.41. The van der Waals surface area contributed by atoms with Crippen molar-refractivity contribution in [2.45, 2.75) is 13.3 Å². The second-order valence-electron chi connectivity index (χ2n) is 3.89. The topological polar surface area (TPSA) is 99.1 Å². The van der Waals surface area contributed by atoms with Crippen LogP contribution in [0.4, 0.5) is 0 Å². The monoisotopic (exact) mass is 329 g/mol. The number of hydrogen-bond acceptors (Lipinski definition) is 4. The summed E-state index contributed by atoms with van der Waals surface area (Å²) in [7, 11) is 0. The summed E-state index contributed by atoms with van der Waals surface area (Å²) in [5, 5.41) is 20.9. The molecule has 0 saturated heterocycles. The zero-order valence-corrected chi connectivity index (χ0v) is 12.1. The third-order valence-corrected chi connectivity index (χ3v) is 3.30. The number of oxime groups is 1. The van der Waals surface area contributed by atoms with Crippen molar-refractivity contribution in [3.63, 3.8) is 0 Å². The van der Waals surface area contributed by atoms with E-state index in [2.05, 4.69) is 21.1 Å². The first-order valence-electron chi connectivity index (χ1n) is 5.73. The Hall–Kier alpha value is -1.76. The van der Waals surface area contributed by atoms with E-state index in [0.717, 1.165) is 0 Å². The molecule has 1 rings (SSSR count). The van der Waals surface area contributed by atoms with E-state index in [1.807, 2.05) is 6.92 Å². The zero-order valence-electron chi connectivity index (χ0n) is 10.5. The van der Waals surface area contributed by atoms with E-state index >= 15 is 0 Å². The molecule has 19 heavy (non-hydrogen) atoms. The third-order valence-electron chi connectivity index (χ3n) is 2.63. The number of rotatable bonds is 5. The van der Waals surface area contributed by atoms with Gasteiger partial charge in [-0.15, -0.1) is 0 Å². The van der Waals surface area contributed by atoms with E-state index in [9.17, 15) is 9.90 Å². The highest BCUT2D eigenvalue weighted by Gasteiger charge is 2.15. The molecule has 1 amide bonds. The lowest BCUT2D eigenvalue weighted by molar-refractivity contribution is 0.0768. The number of nitrogens with zero attached hydrogens (tertiary/aromatic N) is 2. The number of nitrogens with two attached hydrogens (primary N) is 1. The van der Waals surface area contributed by atoms with E-state index in [4.69, 9.17) is 10.9 Å². The van der Waals surface area contributed by atoms with Crippen molar-refractivity contribution in [3.05, 3.63) is 28.2 Å². The molecule has 1 aromatic carbocycles. The highest BCUT2D eigenvalue weighted by atomic mass is 79.9. The van der Waals surface area contributed by atoms with Crippen molar-refractivity contribution >= 4 is 27.7 Å². The van der Waals surface area contributed by atoms with Crippen molar-refractivity contribution in [2.24, 2.45) is 10.9 Å². The first-order chi connectivity index (χ1) is 8.99. The first kappa shape index (κ1) is 15.3. The fourth-order valence-electron chi connectivity index (χ4n) is 1.53. The van der Waals surface area contributed by atoms with Crippen LogP contribution >= 0.6 is 15.9 Å². The Morgan fingerprint density at radius 3 is 2.74 bits per heavy atom. The molecule has 0 aromatic heterocycles. The lowest BCUT2D eigenvalue weighted by Gasteiger charge is -2.20. The zero-order chi connectivity index (χ0) is 14.4. The molecule has 0 atom stereocenters. The van der Waals surface area contributed by atoms with Crippen molar-refractivity contribution in [3.8, 4) is 5.75 Å². The Bertz CT molecular complexity index is 491. The molecular weight excluding hydrogens is 314 g/mol. The smallest absolute Gasteiger partial charge is 0.253 e. The lowest BCUT2D eigenvalue weighted by Crippen LogP contribution is -2.33. The van der Waals surface area contributed by atoms with Crippen LogP contribution in [-0.2, 0) is 0 Å². The van der Waals surface area contributed by atoms with Crippen molar-refractivity contribution < 1.29 is 15.1 Å². The molecule has 0 aliphatic rings. The highest BCUT2D eigenvalue weighted by Crippen LogP contribution is 2.24. The summed E-state index contributed by atoms with van der Waals surface area (Å²) in [6.07, 6.45) is 0.290. The maximum absolute atomic E-state index is 12.2. The second-order valence-corrected chi connectivity index (χ2v) is 4.75. The van der Waals surface area contributed by atoms with Crippen molar-refractivity contribution in [1.29, 1.82) is 0 Å². The van der Waals surface area contributed by atoms with Crippen LogP contribution in [0.3, 0.4) is 0 Å². The summed E-state index contributed by atoms with van der Waals surface area (Å²) in [5.74, 6) is -0.126. The maximum Gasteiger partial charge on any atom is 0.253 e. The van der Waals surface area contributed by atoms with Gasteiger partial charge in [-0.3, -0.25) is 4.79 Å². The number of carbonyl (C=O) groups excluding carboxylic acids is 1. The molecular formula is C12H16BrN3O3. The van der Waals surface area contributed by atoms with Crippen LogP contribution < -0.4 is 5.73 Å². The van der Waals surface area contributed by atoms with E-state index in [-0.39, 0.29) is 17.5 Å². The van der Waals surface area contributed by atoms with Crippen LogP contribution in [0.1, 0.15) is 23.7 Å². The van der Waals surface area contributed by atoms with Crippen LogP contribution in [0.25, 0.3) is 0 Å². The van der Waals surface area contributed by atoms with Gasteiger partial charge in [-0.2, -0.15) is 0 Å². The number of amides is 1. The number of aromatic hydroxyl groups is 1. The number of hydrogen-bond donors (Lipinski definition) is 3. The normalized spacial score (nSPS) is 11.4. The Morgan fingerprint density at radius 1 is 1.53 bits per heavy atom. The largest absolute Gasteiger partial charge is 0.507 e. The molecule has 0 aliphatic carbocycles. The molecule has 0 fully saturated rings. The first-order valence-corrected chi connectivity index (χ1v) is 6.53. The molecule has 1 aromatic rings. The van der Waals surface area contributed by atoms with E-state index in [0.29, 0.717) is 29.5 Å². The van der Waals surface area contributed by atoms with E-state index in [1.54, 1.807) is 17.0 Å². The van der Waals surface area contributed by atoms with Gasteiger partial charge in [0.1, 0.15) is 11.6 Å². The Balaban J connectivity index is 2.80. The quantitative estimate of drug-likeness (QED) is 0.331.